The van der Waals surface area contributed by atoms with Gasteiger partial charge in [-0.25, -0.2) is 4.98 Å². The molecular weight excluding hydrogens is 242 g/mol. The molecule has 0 radical (unpaired) electrons. The van der Waals surface area contributed by atoms with Crippen LogP contribution in [0.15, 0.2) is 29.2 Å². The van der Waals surface area contributed by atoms with E-state index >= 15 is 0 Å². The van der Waals surface area contributed by atoms with Crippen LogP contribution < -0.4 is 5.73 Å². The maximum Gasteiger partial charge on any atom is 0.109 e. The van der Waals surface area contributed by atoms with Crippen LogP contribution in [-0.2, 0) is 6.42 Å². The molecule has 2 heterocycles. The Balaban J connectivity index is 2.37. The van der Waals surface area contributed by atoms with Crippen LogP contribution in [0.3, 0.4) is 0 Å². The van der Waals surface area contributed by atoms with E-state index in [9.17, 15) is 0 Å². The number of hydrogen-bond donors (Lipinski definition) is 1. The summed E-state index contributed by atoms with van der Waals surface area (Å²) in [6.45, 7) is 4.32. The van der Waals surface area contributed by atoms with Gasteiger partial charge in [0.05, 0.1) is 6.04 Å². The highest BCUT2D eigenvalue weighted by Gasteiger charge is 2.22. The molecule has 0 aromatic carbocycles. The molecule has 98 valence electrons. The molecule has 2 N–H and O–H groups in total. The smallest absolute Gasteiger partial charge is 0.109 e. The van der Waals surface area contributed by atoms with E-state index in [4.69, 9.17) is 5.73 Å². The molecular formula is C14H21N3S. The van der Waals surface area contributed by atoms with Gasteiger partial charge in [-0.15, -0.1) is 0 Å². The van der Waals surface area contributed by atoms with Crippen molar-refractivity contribution in [3.8, 4) is 0 Å². The van der Waals surface area contributed by atoms with Crippen molar-refractivity contribution in [2.45, 2.75) is 45.2 Å². The molecule has 0 aliphatic carbocycles. The average Bonchev–Trinajstić information content (AvgIpc) is 3.03. The molecule has 0 saturated carbocycles. The first-order valence-corrected chi connectivity index (χ1v) is 7.51. The molecule has 0 aliphatic heterocycles. The number of hydrogen-bond acceptors (Lipinski definition) is 3. The lowest BCUT2D eigenvalue weighted by molar-refractivity contribution is 0.446. The second-order valence-corrected chi connectivity index (χ2v) is 5.35. The van der Waals surface area contributed by atoms with Gasteiger partial charge in [-0.1, -0.05) is 13.8 Å². The fraction of sp³-hybridized carbons (Fsp3) is 0.500. The molecule has 0 aliphatic rings. The Morgan fingerprint density at radius 3 is 2.89 bits per heavy atom. The van der Waals surface area contributed by atoms with E-state index < -0.39 is 0 Å². The van der Waals surface area contributed by atoms with Crippen LogP contribution in [0.4, 0.5) is 0 Å². The minimum Gasteiger partial charge on any atom is -0.326 e. The summed E-state index contributed by atoms with van der Waals surface area (Å²) >= 11 is 1.72. The van der Waals surface area contributed by atoms with Crippen LogP contribution in [-0.4, -0.2) is 15.6 Å². The highest BCUT2D eigenvalue weighted by Crippen LogP contribution is 2.26. The van der Waals surface area contributed by atoms with Gasteiger partial charge < -0.3 is 10.3 Å². The summed E-state index contributed by atoms with van der Waals surface area (Å²) in [6, 6.07) is 2.51. The van der Waals surface area contributed by atoms with Crippen molar-refractivity contribution in [3.05, 3.63) is 40.6 Å². The molecule has 0 amide bonds. The largest absolute Gasteiger partial charge is 0.326 e. The summed E-state index contributed by atoms with van der Waals surface area (Å²) in [6.07, 6.45) is 7.01. The van der Waals surface area contributed by atoms with Gasteiger partial charge in [-0.3, -0.25) is 0 Å². The number of nitrogens with two attached hydrogens (primary N) is 1. The second kappa shape index (κ2) is 6.16. The van der Waals surface area contributed by atoms with E-state index in [0.29, 0.717) is 0 Å². The van der Waals surface area contributed by atoms with Crippen molar-refractivity contribution in [1.82, 2.24) is 9.55 Å². The summed E-state index contributed by atoms with van der Waals surface area (Å²) in [5.74, 6) is 1.14. The Labute approximate surface area is 113 Å². The highest BCUT2D eigenvalue weighted by molar-refractivity contribution is 7.07. The standard InChI is InChI=1S/C14H21N3S/c1-3-5-13-16-7-8-17(13)14(12(15)4-2)11-6-9-18-10-11/h6-10,12,14H,3-5,15H2,1-2H3. The third kappa shape index (κ3) is 2.65. The van der Waals surface area contributed by atoms with Crippen LogP contribution in [0.5, 0.6) is 0 Å². The van der Waals surface area contributed by atoms with Gasteiger partial charge in [0.15, 0.2) is 0 Å². The van der Waals surface area contributed by atoms with Gasteiger partial charge in [0.25, 0.3) is 0 Å². The Kier molecular flexibility index (Phi) is 4.55. The summed E-state index contributed by atoms with van der Waals surface area (Å²) in [7, 11) is 0. The Morgan fingerprint density at radius 1 is 1.44 bits per heavy atom. The Bertz CT molecular complexity index is 461. The van der Waals surface area contributed by atoms with Gasteiger partial charge in [0, 0.05) is 24.9 Å². The fourth-order valence-corrected chi connectivity index (χ4v) is 2.98. The first-order valence-electron chi connectivity index (χ1n) is 6.57. The van der Waals surface area contributed by atoms with Gasteiger partial charge in [0.2, 0.25) is 0 Å². The lowest BCUT2D eigenvalue weighted by Crippen LogP contribution is -2.32. The molecule has 2 unspecified atom stereocenters. The van der Waals surface area contributed by atoms with Gasteiger partial charge >= 0.3 is 0 Å². The van der Waals surface area contributed by atoms with Crippen molar-refractivity contribution in [2.75, 3.05) is 0 Å². The fourth-order valence-electron chi connectivity index (χ4n) is 2.30. The quantitative estimate of drug-likeness (QED) is 0.869. The molecule has 0 saturated heterocycles. The third-order valence-electron chi connectivity index (χ3n) is 3.28. The van der Waals surface area contributed by atoms with E-state index in [1.165, 1.54) is 5.56 Å². The van der Waals surface area contributed by atoms with Crippen molar-refractivity contribution < 1.29 is 0 Å². The predicted molar refractivity (Wildman–Crippen MR) is 76.9 cm³/mol. The van der Waals surface area contributed by atoms with E-state index in [1.807, 2.05) is 6.20 Å². The highest BCUT2D eigenvalue weighted by atomic mass is 32.1. The topological polar surface area (TPSA) is 43.8 Å². The number of rotatable bonds is 6. The van der Waals surface area contributed by atoms with Crippen molar-refractivity contribution >= 4 is 11.3 Å². The van der Waals surface area contributed by atoms with Crippen LogP contribution in [0, 0.1) is 0 Å². The normalized spacial score (nSPS) is 14.6. The van der Waals surface area contributed by atoms with Crippen LogP contribution in [0.1, 0.15) is 44.1 Å². The number of thiophene rings is 1. The molecule has 2 aromatic heterocycles. The molecule has 2 rings (SSSR count). The molecule has 0 fully saturated rings. The summed E-state index contributed by atoms with van der Waals surface area (Å²) in [5, 5.41) is 4.30. The third-order valence-corrected chi connectivity index (χ3v) is 3.99. The second-order valence-electron chi connectivity index (χ2n) is 4.57. The zero-order chi connectivity index (χ0) is 13.0. The van der Waals surface area contributed by atoms with Crippen LogP contribution >= 0.6 is 11.3 Å². The van der Waals surface area contributed by atoms with Crippen LogP contribution in [0.2, 0.25) is 0 Å². The minimum absolute atomic E-state index is 0.129. The molecule has 3 nitrogen and oxygen atoms in total. The monoisotopic (exact) mass is 263 g/mol. The van der Waals surface area contributed by atoms with E-state index in [1.54, 1.807) is 11.3 Å². The lowest BCUT2D eigenvalue weighted by atomic mass is 10.00. The molecule has 0 bridgehead atoms. The van der Waals surface area contributed by atoms with Crippen molar-refractivity contribution in [2.24, 2.45) is 5.73 Å². The number of nitrogens with zero attached hydrogens (tertiary/aromatic N) is 2. The van der Waals surface area contributed by atoms with Gasteiger partial charge in [-0.2, -0.15) is 11.3 Å². The number of aryl methyl sites for hydroxylation is 1. The molecule has 0 spiro atoms. The minimum atomic E-state index is 0.129. The first kappa shape index (κ1) is 13.3. The van der Waals surface area contributed by atoms with E-state index in [-0.39, 0.29) is 12.1 Å². The van der Waals surface area contributed by atoms with Crippen LogP contribution in [0.25, 0.3) is 0 Å². The number of imidazole rings is 1. The zero-order valence-corrected chi connectivity index (χ0v) is 11.9. The van der Waals surface area contributed by atoms with Crippen molar-refractivity contribution in [1.29, 1.82) is 0 Å². The van der Waals surface area contributed by atoms with Gasteiger partial charge in [0.1, 0.15) is 5.82 Å². The summed E-state index contributed by atoms with van der Waals surface area (Å²) in [5.41, 5.74) is 7.62. The van der Waals surface area contributed by atoms with E-state index in [2.05, 4.69) is 46.4 Å². The van der Waals surface area contributed by atoms with Gasteiger partial charge in [-0.05, 0) is 35.2 Å². The number of aromatic nitrogens is 2. The maximum absolute atomic E-state index is 6.32. The maximum atomic E-state index is 6.32. The summed E-state index contributed by atoms with van der Waals surface area (Å²) in [4.78, 5) is 4.46. The Hall–Kier alpha value is -1.13. The SMILES string of the molecule is CCCc1nccn1C(c1ccsc1)C(N)CC. The molecule has 2 atom stereocenters. The molecule has 18 heavy (non-hydrogen) atoms. The first-order chi connectivity index (χ1) is 8.77. The molecule has 2 aromatic rings. The molecule has 4 heteroatoms. The lowest BCUT2D eigenvalue weighted by Gasteiger charge is -2.25. The average molecular weight is 263 g/mol. The zero-order valence-electron chi connectivity index (χ0n) is 11.0. The Morgan fingerprint density at radius 2 is 2.28 bits per heavy atom. The summed E-state index contributed by atoms with van der Waals surface area (Å²) < 4.78 is 2.25. The van der Waals surface area contributed by atoms with E-state index in [0.717, 1.165) is 25.1 Å². The van der Waals surface area contributed by atoms with Crippen molar-refractivity contribution in [3.63, 3.8) is 0 Å². The predicted octanol–water partition coefficient (Wildman–Crippen LogP) is 3.22.